The fraction of sp³-hybridized carbons (Fsp3) is 0.562. The molecule has 3 rings (SSSR count). The van der Waals surface area contributed by atoms with Gasteiger partial charge in [-0.1, -0.05) is 18.2 Å². The summed E-state index contributed by atoms with van der Waals surface area (Å²) in [6.07, 6.45) is 4.46. The summed E-state index contributed by atoms with van der Waals surface area (Å²) >= 11 is 0. The zero-order valence-electron chi connectivity index (χ0n) is 12.1. The second-order valence-corrected chi connectivity index (χ2v) is 6.01. The van der Waals surface area contributed by atoms with Crippen LogP contribution in [0.5, 0.6) is 0 Å². The van der Waals surface area contributed by atoms with Gasteiger partial charge in [-0.2, -0.15) is 0 Å². The van der Waals surface area contributed by atoms with Crippen molar-refractivity contribution in [3.8, 4) is 0 Å². The predicted molar refractivity (Wildman–Crippen MR) is 80.7 cm³/mol. The summed E-state index contributed by atoms with van der Waals surface area (Å²) in [5.41, 5.74) is 7.80. The number of benzene rings is 1. The normalized spacial score (nSPS) is 21.1. The van der Waals surface area contributed by atoms with Crippen molar-refractivity contribution in [2.75, 3.05) is 25.0 Å². The minimum Gasteiger partial charge on any atom is -0.369 e. The van der Waals surface area contributed by atoms with Crippen molar-refractivity contribution in [3.05, 3.63) is 29.8 Å². The van der Waals surface area contributed by atoms with Crippen molar-refractivity contribution in [2.45, 2.75) is 31.2 Å². The highest BCUT2D eigenvalue weighted by Gasteiger charge is 2.50. The van der Waals surface area contributed by atoms with Crippen LogP contribution in [0, 0.1) is 5.92 Å². The highest BCUT2D eigenvalue weighted by Crippen LogP contribution is 2.41. The van der Waals surface area contributed by atoms with Crippen LogP contribution < -0.4 is 16.0 Å². The fourth-order valence-corrected chi connectivity index (χ4v) is 3.47. The highest BCUT2D eigenvalue weighted by atomic mass is 16.1. The number of anilines is 1. The van der Waals surface area contributed by atoms with Crippen LogP contribution in [0.2, 0.25) is 0 Å². The van der Waals surface area contributed by atoms with Crippen LogP contribution in [0.4, 0.5) is 5.69 Å². The van der Waals surface area contributed by atoms with E-state index in [1.165, 1.54) is 11.3 Å². The summed E-state index contributed by atoms with van der Waals surface area (Å²) in [7, 11) is 1.86. The van der Waals surface area contributed by atoms with E-state index in [4.69, 9.17) is 5.73 Å². The lowest BCUT2D eigenvalue weighted by Crippen LogP contribution is -2.62. The molecule has 0 spiro atoms. The number of rotatable bonds is 5. The Morgan fingerprint density at radius 3 is 2.85 bits per heavy atom. The van der Waals surface area contributed by atoms with E-state index in [2.05, 4.69) is 34.5 Å². The summed E-state index contributed by atoms with van der Waals surface area (Å²) in [5.74, 6) is 0.171. The number of likely N-dealkylation sites (N-methyl/N-ethyl adjacent to an activating group) is 1. The number of carbonyl (C=O) groups is 1. The minimum absolute atomic E-state index is 0.217. The zero-order chi connectivity index (χ0) is 14.2. The maximum atomic E-state index is 12.1. The highest BCUT2D eigenvalue weighted by molar-refractivity contribution is 5.86. The fourth-order valence-electron chi connectivity index (χ4n) is 3.47. The molecule has 1 aromatic carbocycles. The SMILES string of the molecule is CNC(CN1CCCc2ccccc21)(C(N)=O)C1CC1. The number of carbonyl (C=O) groups excluding carboxylic acids is 1. The molecule has 1 heterocycles. The average molecular weight is 273 g/mol. The Bertz CT molecular complexity index is 512. The molecule has 108 valence electrons. The van der Waals surface area contributed by atoms with Gasteiger partial charge in [-0.15, -0.1) is 0 Å². The van der Waals surface area contributed by atoms with Crippen molar-refractivity contribution in [3.63, 3.8) is 0 Å². The van der Waals surface area contributed by atoms with Gasteiger partial charge in [-0.3, -0.25) is 4.79 Å². The maximum absolute atomic E-state index is 12.1. The van der Waals surface area contributed by atoms with Gasteiger partial charge in [0.05, 0.1) is 0 Å². The molecule has 20 heavy (non-hydrogen) atoms. The summed E-state index contributed by atoms with van der Waals surface area (Å²) in [5, 5.41) is 3.24. The monoisotopic (exact) mass is 273 g/mol. The van der Waals surface area contributed by atoms with E-state index < -0.39 is 5.54 Å². The van der Waals surface area contributed by atoms with Crippen LogP contribution in [0.3, 0.4) is 0 Å². The molecular formula is C16H23N3O. The molecule has 1 atom stereocenters. The number of fused-ring (bicyclic) bond motifs is 1. The van der Waals surface area contributed by atoms with Gasteiger partial charge in [-0.25, -0.2) is 0 Å². The molecule has 4 heteroatoms. The molecule has 1 fully saturated rings. The lowest BCUT2D eigenvalue weighted by molar-refractivity contribution is -0.124. The molecule has 3 N–H and O–H groups in total. The van der Waals surface area contributed by atoms with E-state index in [-0.39, 0.29) is 5.91 Å². The number of hydrogen-bond donors (Lipinski definition) is 2. The van der Waals surface area contributed by atoms with E-state index in [1.807, 2.05) is 7.05 Å². The van der Waals surface area contributed by atoms with Gasteiger partial charge in [0.2, 0.25) is 5.91 Å². The van der Waals surface area contributed by atoms with Crippen LogP contribution in [0.1, 0.15) is 24.8 Å². The number of hydrogen-bond acceptors (Lipinski definition) is 3. The first-order chi connectivity index (χ1) is 9.67. The molecule has 0 aromatic heterocycles. The first kappa shape index (κ1) is 13.4. The smallest absolute Gasteiger partial charge is 0.239 e. The van der Waals surface area contributed by atoms with Gasteiger partial charge in [0, 0.05) is 18.8 Å². The van der Waals surface area contributed by atoms with Crippen LogP contribution in [-0.2, 0) is 11.2 Å². The third-order valence-corrected chi connectivity index (χ3v) is 4.81. The Kier molecular flexibility index (Phi) is 3.42. The molecule has 0 bridgehead atoms. The van der Waals surface area contributed by atoms with Crippen LogP contribution in [0.15, 0.2) is 24.3 Å². The number of nitrogens with one attached hydrogen (secondary N) is 1. The van der Waals surface area contributed by atoms with Gasteiger partial charge >= 0.3 is 0 Å². The molecule has 1 amide bonds. The number of para-hydroxylation sites is 1. The Morgan fingerprint density at radius 1 is 1.45 bits per heavy atom. The van der Waals surface area contributed by atoms with Gasteiger partial charge in [-0.05, 0) is 50.3 Å². The van der Waals surface area contributed by atoms with Crippen LogP contribution in [0.25, 0.3) is 0 Å². The van der Waals surface area contributed by atoms with E-state index in [9.17, 15) is 4.79 Å². The van der Waals surface area contributed by atoms with Gasteiger partial charge in [0.1, 0.15) is 5.54 Å². The van der Waals surface area contributed by atoms with Crippen molar-refractivity contribution < 1.29 is 4.79 Å². The van der Waals surface area contributed by atoms with Gasteiger partial charge < -0.3 is 16.0 Å². The van der Waals surface area contributed by atoms with Gasteiger partial charge in [0.25, 0.3) is 0 Å². The molecule has 1 aliphatic heterocycles. The molecule has 2 aliphatic rings. The van der Waals surface area contributed by atoms with E-state index in [0.717, 1.165) is 32.2 Å². The summed E-state index contributed by atoms with van der Waals surface area (Å²) < 4.78 is 0. The Labute approximate surface area is 120 Å². The molecule has 0 saturated heterocycles. The number of primary amides is 1. The third kappa shape index (κ3) is 2.18. The van der Waals surface area contributed by atoms with Crippen molar-refractivity contribution >= 4 is 11.6 Å². The molecule has 4 nitrogen and oxygen atoms in total. The molecule has 1 aromatic rings. The first-order valence-electron chi connectivity index (χ1n) is 7.49. The number of amides is 1. The molecule has 0 radical (unpaired) electrons. The maximum Gasteiger partial charge on any atom is 0.239 e. The topological polar surface area (TPSA) is 58.4 Å². The predicted octanol–water partition coefficient (Wildman–Crippen LogP) is 1.29. The molecule has 1 saturated carbocycles. The first-order valence-corrected chi connectivity index (χ1v) is 7.49. The van der Waals surface area contributed by atoms with E-state index in [1.54, 1.807) is 0 Å². The molecular weight excluding hydrogens is 250 g/mol. The second-order valence-electron chi connectivity index (χ2n) is 6.01. The summed E-state index contributed by atoms with van der Waals surface area (Å²) in [6, 6.07) is 8.50. The van der Waals surface area contributed by atoms with Crippen molar-refractivity contribution in [2.24, 2.45) is 11.7 Å². The summed E-state index contributed by atoms with van der Waals surface area (Å²) in [4.78, 5) is 14.4. The molecule has 1 aliphatic carbocycles. The quantitative estimate of drug-likeness (QED) is 0.850. The number of nitrogens with zero attached hydrogens (tertiary/aromatic N) is 1. The van der Waals surface area contributed by atoms with Crippen molar-refractivity contribution in [1.82, 2.24) is 5.32 Å². The summed E-state index contributed by atoms with van der Waals surface area (Å²) in [6.45, 7) is 1.68. The van der Waals surface area contributed by atoms with Crippen LogP contribution >= 0.6 is 0 Å². The Balaban J connectivity index is 1.88. The lowest BCUT2D eigenvalue weighted by atomic mass is 9.90. The van der Waals surface area contributed by atoms with E-state index >= 15 is 0 Å². The lowest BCUT2D eigenvalue weighted by Gasteiger charge is -2.40. The van der Waals surface area contributed by atoms with E-state index in [0.29, 0.717) is 12.5 Å². The third-order valence-electron chi connectivity index (χ3n) is 4.81. The standard InChI is InChI=1S/C16H23N3O/c1-18-16(15(17)20,13-8-9-13)11-19-10-4-6-12-5-2-3-7-14(12)19/h2-3,5,7,13,18H,4,6,8-11H2,1H3,(H2,17,20). The zero-order valence-corrected chi connectivity index (χ0v) is 12.1. The number of nitrogens with two attached hydrogens (primary N) is 1. The Hall–Kier alpha value is -1.55. The Morgan fingerprint density at radius 2 is 2.20 bits per heavy atom. The second kappa shape index (κ2) is 5.09. The van der Waals surface area contributed by atoms with Gasteiger partial charge in [0.15, 0.2) is 0 Å². The largest absolute Gasteiger partial charge is 0.369 e. The van der Waals surface area contributed by atoms with Crippen LogP contribution in [-0.4, -0.2) is 31.6 Å². The molecule has 1 unspecified atom stereocenters. The number of aryl methyl sites for hydroxylation is 1. The minimum atomic E-state index is -0.579. The van der Waals surface area contributed by atoms with Crippen molar-refractivity contribution in [1.29, 1.82) is 0 Å². The average Bonchev–Trinajstić information content (AvgIpc) is 3.29.